The second-order valence-electron chi connectivity index (χ2n) is 7.92. The van der Waals surface area contributed by atoms with Crippen molar-refractivity contribution >= 4 is 17.5 Å². The molecule has 2 heterocycles. The lowest BCUT2D eigenvalue weighted by Gasteiger charge is -2.50. The molecule has 3 aliphatic rings. The highest BCUT2D eigenvalue weighted by molar-refractivity contribution is 6.31. The van der Waals surface area contributed by atoms with Crippen molar-refractivity contribution < 1.29 is 9.53 Å². The Bertz CT molecular complexity index is 626. The Morgan fingerprint density at radius 3 is 2.84 bits per heavy atom. The molecule has 1 saturated carbocycles. The summed E-state index contributed by atoms with van der Waals surface area (Å²) in [6, 6.07) is 8.05. The molecule has 1 amide bonds. The lowest BCUT2D eigenvalue weighted by Crippen LogP contribution is -2.64. The Kier molecular flexibility index (Phi) is 5.03. The molecule has 3 fully saturated rings. The van der Waals surface area contributed by atoms with E-state index >= 15 is 0 Å². The zero-order chi connectivity index (χ0) is 17.3. The SMILES string of the molecule is O=C(CC1CC1)NCC[C@H]1CCOC12CN(Cc1ccccc1Cl)C2. The van der Waals surface area contributed by atoms with Crippen molar-refractivity contribution in [1.82, 2.24) is 10.2 Å². The van der Waals surface area contributed by atoms with Gasteiger partial charge in [-0.25, -0.2) is 0 Å². The van der Waals surface area contributed by atoms with Gasteiger partial charge in [-0.1, -0.05) is 29.8 Å². The quantitative estimate of drug-likeness (QED) is 0.809. The number of halogens is 1. The molecule has 1 spiro atoms. The number of hydrogen-bond donors (Lipinski definition) is 1. The molecule has 1 atom stereocenters. The van der Waals surface area contributed by atoms with Crippen LogP contribution in [0.15, 0.2) is 24.3 Å². The Morgan fingerprint density at radius 2 is 2.08 bits per heavy atom. The van der Waals surface area contributed by atoms with Gasteiger partial charge >= 0.3 is 0 Å². The maximum absolute atomic E-state index is 11.8. The lowest BCUT2D eigenvalue weighted by molar-refractivity contribution is -0.137. The molecular weight excluding hydrogens is 336 g/mol. The van der Waals surface area contributed by atoms with Crippen molar-refractivity contribution in [3.05, 3.63) is 34.9 Å². The van der Waals surface area contributed by atoms with Gasteiger partial charge in [0.1, 0.15) is 0 Å². The summed E-state index contributed by atoms with van der Waals surface area (Å²) in [5.41, 5.74) is 1.18. The minimum Gasteiger partial charge on any atom is -0.372 e. The zero-order valence-corrected chi connectivity index (χ0v) is 15.4. The van der Waals surface area contributed by atoms with E-state index in [0.29, 0.717) is 11.8 Å². The van der Waals surface area contributed by atoms with Gasteiger partial charge in [0.2, 0.25) is 5.91 Å². The predicted molar refractivity (Wildman–Crippen MR) is 98.5 cm³/mol. The van der Waals surface area contributed by atoms with Crippen molar-refractivity contribution in [3.63, 3.8) is 0 Å². The molecule has 25 heavy (non-hydrogen) atoms. The van der Waals surface area contributed by atoms with Gasteiger partial charge in [-0.15, -0.1) is 0 Å². The van der Waals surface area contributed by atoms with E-state index in [0.717, 1.165) is 57.1 Å². The number of nitrogens with zero attached hydrogens (tertiary/aromatic N) is 1. The summed E-state index contributed by atoms with van der Waals surface area (Å²) in [5, 5.41) is 3.94. The Hall–Kier alpha value is -1.10. The van der Waals surface area contributed by atoms with Crippen LogP contribution in [0.5, 0.6) is 0 Å². The summed E-state index contributed by atoms with van der Waals surface area (Å²) in [6.45, 7) is 4.46. The van der Waals surface area contributed by atoms with Crippen molar-refractivity contribution in [2.75, 3.05) is 26.2 Å². The Balaban J connectivity index is 1.23. The van der Waals surface area contributed by atoms with Crippen LogP contribution in [0, 0.1) is 11.8 Å². The number of benzene rings is 1. The number of carbonyl (C=O) groups excluding carboxylic acids is 1. The molecular formula is C20H27ClN2O2. The minimum atomic E-state index is 0.00246. The molecule has 1 N–H and O–H groups in total. The average molecular weight is 363 g/mol. The van der Waals surface area contributed by atoms with E-state index in [1.54, 1.807) is 0 Å². The molecule has 136 valence electrons. The fourth-order valence-corrected chi connectivity index (χ4v) is 4.47. The van der Waals surface area contributed by atoms with Gasteiger partial charge in [-0.3, -0.25) is 9.69 Å². The van der Waals surface area contributed by atoms with Crippen molar-refractivity contribution in [1.29, 1.82) is 0 Å². The minimum absolute atomic E-state index is 0.00246. The van der Waals surface area contributed by atoms with E-state index in [1.165, 1.54) is 18.4 Å². The maximum atomic E-state index is 11.8. The van der Waals surface area contributed by atoms with Gasteiger partial charge in [0.05, 0.1) is 5.60 Å². The second-order valence-corrected chi connectivity index (χ2v) is 8.33. The molecule has 2 saturated heterocycles. The first-order valence-corrected chi connectivity index (χ1v) is 9.89. The van der Waals surface area contributed by atoms with Crippen LogP contribution >= 0.6 is 11.6 Å². The maximum Gasteiger partial charge on any atom is 0.220 e. The molecule has 2 aliphatic heterocycles. The van der Waals surface area contributed by atoms with Crippen LogP contribution in [0.2, 0.25) is 5.02 Å². The Labute approximate surface area is 154 Å². The molecule has 5 heteroatoms. The Morgan fingerprint density at radius 1 is 1.28 bits per heavy atom. The zero-order valence-electron chi connectivity index (χ0n) is 14.7. The number of ether oxygens (including phenoxy) is 1. The first kappa shape index (κ1) is 17.3. The van der Waals surface area contributed by atoms with E-state index in [4.69, 9.17) is 16.3 Å². The summed E-state index contributed by atoms with van der Waals surface area (Å²) >= 11 is 6.27. The first-order chi connectivity index (χ1) is 12.1. The normalized spacial score (nSPS) is 25.1. The fourth-order valence-electron chi connectivity index (χ4n) is 4.27. The standard InChI is InChI=1S/C20H27ClN2O2/c21-18-4-2-1-3-16(18)12-23-13-20(14-23)17(8-10-25-20)7-9-22-19(24)11-15-5-6-15/h1-4,15,17H,5-14H2,(H,22,24)/t17-/m0/s1. The summed E-state index contributed by atoms with van der Waals surface area (Å²) < 4.78 is 6.13. The number of carbonyl (C=O) groups is 1. The highest BCUT2D eigenvalue weighted by Crippen LogP contribution is 2.42. The molecule has 1 aliphatic carbocycles. The number of likely N-dealkylation sites (tertiary alicyclic amines) is 1. The average Bonchev–Trinajstić information content (AvgIpc) is 3.27. The van der Waals surface area contributed by atoms with Crippen LogP contribution in [0.3, 0.4) is 0 Å². The molecule has 0 bridgehead atoms. The van der Waals surface area contributed by atoms with Gasteiger partial charge in [-0.2, -0.15) is 0 Å². The predicted octanol–water partition coefficient (Wildman–Crippen LogP) is 3.24. The third kappa shape index (κ3) is 4.02. The smallest absolute Gasteiger partial charge is 0.220 e. The van der Waals surface area contributed by atoms with E-state index in [1.807, 2.05) is 18.2 Å². The van der Waals surface area contributed by atoms with Gasteiger partial charge in [-0.05, 0) is 49.1 Å². The lowest BCUT2D eigenvalue weighted by atomic mass is 9.78. The first-order valence-electron chi connectivity index (χ1n) is 9.51. The van der Waals surface area contributed by atoms with Crippen molar-refractivity contribution in [2.24, 2.45) is 11.8 Å². The highest BCUT2D eigenvalue weighted by Gasteiger charge is 2.52. The molecule has 1 aromatic carbocycles. The van der Waals surface area contributed by atoms with Gasteiger partial charge < -0.3 is 10.1 Å². The van der Waals surface area contributed by atoms with E-state index in [9.17, 15) is 4.79 Å². The molecule has 1 aromatic rings. The number of nitrogens with one attached hydrogen (secondary N) is 1. The van der Waals surface area contributed by atoms with E-state index in [2.05, 4.69) is 16.3 Å². The number of amides is 1. The summed E-state index contributed by atoms with van der Waals surface area (Å²) in [4.78, 5) is 14.2. The molecule has 0 unspecified atom stereocenters. The number of rotatable bonds is 7. The molecule has 4 rings (SSSR count). The van der Waals surface area contributed by atoms with E-state index in [-0.39, 0.29) is 11.5 Å². The van der Waals surface area contributed by atoms with E-state index < -0.39 is 0 Å². The highest BCUT2D eigenvalue weighted by atomic mass is 35.5. The molecule has 4 nitrogen and oxygen atoms in total. The third-order valence-electron chi connectivity index (χ3n) is 5.92. The second kappa shape index (κ2) is 7.26. The number of hydrogen-bond acceptors (Lipinski definition) is 3. The summed E-state index contributed by atoms with van der Waals surface area (Å²) in [7, 11) is 0. The largest absolute Gasteiger partial charge is 0.372 e. The van der Waals surface area contributed by atoms with Gasteiger partial charge in [0.15, 0.2) is 0 Å². The fraction of sp³-hybridized carbons (Fsp3) is 0.650. The molecule has 0 aromatic heterocycles. The topological polar surface area (TPSA) is 41.6 Å². The van der Waals surface area contributed by atoms with Crippen LogP contribution < -0.4 is 5.32 Å². The van der Waals surface area contributed by atoms with Crippen molar-refractivity contribution in [3.8, 4) is 0 Å². The summed E-state index contributed by atoms with van der Waals surface area (Å²) in [5.74, 6) is 1.44. The van der Waals surface area contributed by atoms with Crippen LogP contribution in [0.4, 0.5) is 0 Å². The van der Waals surface area contributed by atoms with Crippen molar-refractivity contribution in [2.45, 2.75) is 44.2 Å². The van der Waals surface area contributed by atoms with Gasteiger partial charge in [0.25, 0.3) is 0 Å². The van der Waals surface area contributed by atoms with Crippen LogP contribution in [0.1, 0.15) is 37.7 Å². The van der Waals surface area contributed by atoms with Crippen LogP contribution in [0.25, 0.3) is 0 Å². The monoisotopic (exact) mass is 362 g/mol. The van der Waals surface area contributed by atoms with Gasteiger partial charge in [0, 0.05) is 44.2 Å². The summed E-state index contributed by atoms with van der Waals surface area (Å²) in [6.07, 6.45) is 5.31. The van der Waals surface area contributed by atoms with Crippen LogP contribution in [-0.2, 0) is 16.1 Å². The third-order valence-corrected chi connectivity index (χ3v) is 6.29. The van der Waals surface area contributed by atoms with Crippen LogP contribution in [-0.4, -0.2) is 42.6 Å². The molecule has 0 radical (unpaired) electrons.